The highest BCUT2D eigenvalue weighted by Crippen LogP contribution is 2.21. The Morgan fingerprint density at radius 1 is 1.21 bits per heavy atom. The molecule has 2 saturated heterocycles. The molecule has 8 heteroatoms. The predicted molar refractivity (Wildman–Crippen MR) is 109 cm³/mol. The first-order valence-electron chi connectivity index (χ1n) is 10.4. The van der Waals surface area contributed by atoms with Crippen molar-refractivity contribution in [2.45, 2.75) is 25.9 Å². The third kappa shape index (κ3) is 5.90. The Labute approximate surface area is 171 Å². The Morgan fingerprint density at radius 3 is 2.48 bits per heavy atom. The quantitative estimate of drug-likeness (QED) is 0.571. The molecule has 2 aliphatic heterocycles. The number of halogens is 1. The van der Waals surface area contributed by atoms with Crippen molar-refractivity contribution in [2.24, 2.45) is 10.9 Å². The lowest BCUT2D eigenvalue weighted by molar-refractivity contribution is -0.140. The first-order chi connectivity index (χ1) is 14.1. The van der Waals surface area contributed by atoms with E-state index in [9.17, 15) is 14.3 Å². The monoisotopic (exact) mass is 406 g/mol. The highest BCUT2D eigenvalue weighted by molar-refractivity contribution is 5.82. The number of morpholine rings is 1. The average molecular weight is 407 g/mol. The van der Waals surface area contributed by atoms with Crippen molar-refractivity contribution in [3.63, 3.8) is 0 Å². The zero-order chi connectivity index (χ0) is 20.6. The Kier molecular flexibility index (Phi) is 7.83. The third-order valence-electron chi connectivity index (χ3n) is 5.47. The number of nitrogens with one attached hydrogen (secondary N) is 1. The predicted octanol–water partition coefficient (Wildman–Crippen LogP) is 1.40. The van der Waals surface area contributed by atoms with Gasteiger partial charge < -0.3 is 25.0 Å². The van der Waals surface area contributed by atoms with E-state index in [1.165, 1.54) is 12.1 Å². The van der Waals surface area contributed by atoms with Crippen molar-refractivity contribution in [1.82, 2.24) is 15.1 Å². The van der Waals surface area contributed by atoms with Gasteiger partial charge >= 0.3 is 0 Å². The number of guanidine groups is 1. The molecule has 1 aromatic carbocycles. The number of hydrogen-bond acceptors (Lipinski definition) is 4. The first-order valence-corrected chi connectivity index (χ1v) is 10.4. The molecule has 1 unspecified atom stereocenters. The Morgan fingerprint density at radius 2 is 1.86 bits per heavy atom. The molecule has 0 saturated carbocycles. The van der Waals surface area contributed by atoms with Gasteiger partial charge in [0.05, 0.1) is 25.9 Å². The summed E-state index contributed by atoms with van der Waals surface area (Å²) in [5, 5.41) is 13.6. The molecular formula is C21H31FN4O3. The number of carbonyl (C=O) groups excluding carboxylic acids is 1. The van der Waals surface area contributed by atoms with Gasteiger partial charge in [-0.15, -0.1) is 0 Å². The largest absolute Gasteiger partial charge is 0.386 e. The van der Waals surface area contributed by atoms with Crippen LogP contribution in [0.2, 0.25) is 0 Å². The normalized spacial score (nSPS) is 19.9. The summed E-state index contributed by atoms with van der Waals surface area (Å²) in [7, 11) is 0. The van der Waals surface area contributed by atoms with Crippen LogP contribution < -0.4 is 5.32 Å². The number of nitrogens with zero attached hydrogens (tertiary/aromatic N) is 3. The molecule has 2 heterocycles. The number of carbonyl (C=O) groups is 1. The number of hydrogen-bond donors (Lipinski definition) is 2. The molecule has 0 bridgehead atoms. The molecule has 1 amide bonds. The van der Waals surface area contributed by atoms with Gasteiger partial charge in [-0.3, -0.25) is 9.79 Å². The third-order valence-corrected chi connectivity index (χ3v) is 5.47. The summed E-state index contributed by atoms with van der Waals surface area (Å²) < 4.78 is 18.4. The average Bonchev–Trinajstić information content (AvgIpc) is 2.77. The summed E-state index contributed by atoms with van der Waals surface area (Å²) in [5.41, 5.74) is 0.640. The van der Waals surface area contributed by atoms with Crippen molar-refractivity contribution in [2.75, 3.05) is 52.5 Å². The van der Waals surface area contributed by atoms with Crippen LogP contribution in [0, 0.1) is 11.7 Å². The van der Waals surface area contributed by atoms with Crippen LogP contribution in [0.15, 0.2) is 29.3 Å². The number of rotatable bonds is 5. The highest BCUT2D eigenvalue weighted by Gasteiger charge is 2.30. The molecule has 2 aliphatic rings. The fourth-order valence-electron chi connectivity index (χ4n) is 3.77. The fourth-order valence-corrected chi connectivity index (χ4v) is 3.77. The Balaban J connectivity index is 1.54. The number of aliphatic hydroxyl groups excluding tert-OH is 1. The highest BCUT2D eigenvalue weighted by atomic mass is 19.1. The lowest BCUT2D eigenvalue weighted by Crippen LogP contribution is -2.50. The first kappa shape index (κ1) is 21.5. The zero-order valence-corrected chi connectivity index (χ0v) is 17.0. The minimum Gasteiger partial charge on any atom is -0.386 e. The Hall–Kier alpha value is -2.19. The van der Waals surface area contributed by atoms with E-state index < -0.39 is 6.10 Å². The molecule has 1 aromatic rings. The van der Waals surface area contributed by atoms with E-state index in [4.69, 9.17) is 4.74 Å². The lowest BCUT2D eigenvalue weighted by atomic mass is 9.95. The molecule has 2 N–H and O–H groups in total. The van der Waals surface area contributed by atoms with Gasteiger partial charge in [0.2, 0.25) is 5.91 Å². The van der Waals surface area contributed by atoms with Gasteiger partial charge in [0, 0.05) is 38.6 Å². The summed E-state index contributed by atoms with van der Waals surface area (Å²) in [5.74, 6) is 0.705. The van der Waals surface area contributed by atoms with E-state index in [0.717, 1.165) is 38.4 Å². The maximum Gasteiger partial charge on any atom is 0.225 e. The summed E-state index contributed by atoms with van der Waals surface area (Å²) in [6.45, 7) is 7.03. The Bertz CT molecular complexity index is 684. The summed E-state index contributed by atoms with van der Waals surface area (Å²) >= 11 is 0. The van der Waals surface area contributed by atoms with Gasteiger partial charge in [-0.25, -0.2) is 4.39 Å². The van der Waals surface area contributed by atoms with Crippen LogP contribution in [-0.4, -0.2) is 79.3 Å². The van der Waals surface area contributed by atoms with E-state index >= 15 is 0 Å². The number of amides is 1. The van der Waals surface area contributed by atoms with Crippen LogP contribution >= 0.6 is 0 Å². The van der Waals surface area contributed by atoms with Crippen molar-refractivity contribution < 1.29 is 19.0 Å². The molecule has 0 spiro atoms. The van der Waals surface area contributed by atoms with E-state index in [-0.39, 0.29) is 24.2 Å². The molecule has 3 rings (SSSR count). The van der Waals surface area contributed by atoms with E-state index in [1.54, 1.807) is 12.1 Å². The van der Waals surface area contributed by atoms with Gasteiger partial charge in [-0.2, -0.15) is 0 Å². The van der Waals surface area contributed by atoms with Crippen molar-refractivity contribution in [3.05, 3.63) is 35.6 Å². The van der Waals surface area contributed by atoms with Gasteiger partial charge in [0.1, 0.15) is 5.82 Å². The zero-order valence-electron chi connectivity index (χ0n) is 17.0. The second-order valence-corrected chi connectivity index (χ2v) is 7.46. The van der Waals surface area contributed by atoms with Crippen LogP contribution in [0.1, 0.15) is 31.4 Å². The second kappa shape index (κ2) is 10.5. The number of piperidine rings is 1. The topological polar surface area (TPSA) is 77.4 Å². The second-order valence-electron chi connectivity index (χ2n) is 7.46. The number of ether oxygens (including phenoxy) is 1. The SMILES string of the molecule is CCNC(=NCC(O)c1ccc(F)cc1)N1CCC(C(=O)N2CCOCC2)CC1. The molecular weight excluding hydrogens is 375 g/mol. The lowest BCUT2D eigenvalue weighted by Gasteiger charge is -2.36. The number of aliphatic hydroxyl groups is 1. The van der Waals surface area contributed by atoms with Gasteiger partial charge in [0.25, 0.3) is 0 Å². The van der Waals surface area contributed by atoms with Crippen LogP contribution in [0.4, 0.5) is 4.39 Å². The van der Waals surface area contributed by atoms with E-state index in [2.05, 4.69) is 15.2 Å². The van der Waals surface area contributed by atoms with Crippen LogP contribution in [0.25, 0.3) is 0 Å². The maximum atomic E-state index is 13.1. The molecule has 0 aliphatic carbocycles. The van der Waals surface area contributed by atoms with Crippen molar-refractivity contribution in [1.29, 1.82) is 0 Å². The molecule has 7 nitrogen and oxygen atoms in total. The maximum absolute atomic E-state index is 13.1. The molecule has 29 heavy (non-hydrogen) atoms. The minimum atomic E-state index is -0.787. The van der Waals surface area contributed by atoms with Crippen molar-refractivity contribution >= 4 is 11.9 Å². The fraction of sp³-hybridized carbons (Fsp3) is 0.619. The number of likely N-dealkylation sites (tertiary alicyclic amines) is 1. The standard InChI is InChI=1S/C21H31FN4O3/c1-2-23-21(24-15-19(27)16-3-5-18(22)6-4-16)26-9-7-17(8-10-26)20(28)25-11-13-29-14-12-25/h3-6,17,19,27H,2,7-15H2,1H3,(H,23,24). The summed E-state index contributed by atoms with van der Waals surface area (Å²) in [6, 6.07) is 5.82. The van der Waals surface area contributed by atoms with Gasteiger partial charge in [-0.1, -0.05) is 12.1 Å². The van der Waals surface area contributed by atoms with Gasteiger partial charge in [0.15, 0.2) is 5.96 Å². The summed E-state index contributed by atoms with van der Waals surface area (Å²) in [4.78, 5) is 21.3. The molecule has 2 fully saturated rings. The summed E-state index contributed by atoms with van der Waals surface area (Å²) in [6.07, 6.45) is 0.798. The minimum absolute atomic E-state index is 0.0528. The van der Waals surface area contributed by atoms with Crippen LogP contribution in [0.5, 0.6) is 0 Å². The molecule has 0 aromatic heterocycles. The number of aliphatic imine (C=N–C) groups is 1. The molecule has 1 atom stereocenters. The van der Waals surface area contributed by atoms with Crippen LogP contribution in [0.3, 0.4) is 0 Å². The van der Waals surface area contributed by atoms with Gasteiger partial charge in [-0.05, 0) is 37.5 Å². The van der Waals surface area contributed by atoms with E-state index in [1.807, 2.05) is 11.8 Å². The van der Waals surface area contributed by atoms with Crippen LogP contribution in [-0.2, 0) is 9.53 Å². The smallest absolute Gasteiger partial charge is 0.225 e. The number of benzene rings is 1. The molecule has 160 valence electrons. The van der Waals surface area contributed by atoms with Crippen molar-refractivity contribution in [3.8, 4) is 0 Å². The van der Waals surface area contributed by atoms with E-state index in [0.29, 0.717) is 31.9 Å². The molecule has 0 radical (unpaired) electrons.